The van der Waals surface area contributed by atoms with Crippen LogP contribution in [-0.2, 0) is 4.74 Å². The van der Waals surface area contributed by atoms with Gasteiger partial charge in [-0.1, -0.05) is 0 Å². The van der Waals surface area contributed by atoms with Gasteiger partial charge in [0.05, 0.1) is 24.5 Å². The van der Waals surface area contributed by atoms with E-state index >= 15 is 0 Å². The smallest absolute Gasteiger partial charge is 0.270 e. The van der Waals surface area contributed by atoms with Crippen molar-refractivity contribution in [3.63, 3.8) is 0 Å². The number of hydrogen-bond donors (Lipinski definition) is 2. The number of anilines is 1. The zero-order chi connectivity index (χ0) is 11.4. The molecule has 1 atom stereocenters. The van der Waals surface area contributed by atoms with E-state index in [9.17, 15) is 4.79 Å². The van der Waals surface area contributed by atoms with Crippen LogP contribution < -0.4 is 11.1 Å². The minimum absolute atomic E-state index is 0.0978. The molecule has 5 heteroatoms. The van der Waals surface area contributed by atoms with Crippen LogP contribution in [-0.4, -0.2) is 30.1 Å². The predicted octanol–water partition coefficient (Wildman–Crippen LogP) is 0.573. The summed E-state index contributed by atoms with van der Waals surface area (Å²) in [4.78, 5) is 15.7. The molecule has 0 saturated carbocycles. The van der Waals surface area contributed by atoms with Crippen molar-refractivity contribution in [2.75, 3.05) is 18.9 Å². The fourth-order valence-electron chi connectivity index (χ4n) is 1.65. The maximum absolute atomic E-state index is 11.8. The first-order valence-corrected chi connectivity index (χ1v) is 5.36. The summed E-state index contributed by atoms with van der Waals surface area (Å²) in [7, 11) is 0. The number of nitrogens with one attached hydrogen (secondary N) is 1. The number of hydrogen-bond acceptors (Lipinski definition) is 4. The molecule has 1 aliphatic heterocycles. The summed E-state index contributed by atoms with van der Waals surface area (Å²) in [6.45, 7) is 1.37. The number of carbonyl (C=O) groups is 1. The fourth-order valence-corrected chi connectivity index (χ4v) is 1.65. The zero-order valence-corrected chi connectivity index (χ0v) is 8.98. The third kappa shape index (κ3) is 2.70. The van der Waals surface area contributed by atoms with Gasteiger partial charge in [-0.05, 0) is 25.0 Å². The van der Waals surface area contributed by atoms with Gasteiger partial charge in [-0.2, -0.15) is 0 Å². The highest BCUT2D eigenvalue weighted by Crippen LogP contribution is 2.07. The first-order chi connectivity index (χ1) is 7.75. The number of amides is 1. The Labute approximate surface area is 94.0 Å². The highest BCUT2D eigenvalue weighted by atomic mass is 16.5. The normalized spacial score (nSPS) is 20.4. The molecule has 16 heavy (non-hydrogen) atoms. The maximum atomic E-state index is 11.8. The van der Waals surface area contributed by atoms with Crippen molar-refractivity contribution in [2.45, 2.75) is 18.9 Å². The molecule has 5 nitrogen and oxygen atoms in total. The van der Waals surface area contributed by atoms with Crippen molar-refractivity contribution in [3.05, 3.63) is 24.0 Å². The van der Waals surface area contributed by atoms with Crippen LogP contribution in [0.25, 0.3) is 0 Å². The first-order valence-electron chi connectivity index (χ1n) is 5.36. The molecule has 3 N–H and O–H groups in total. The van der Waals surface area contributed by atoms with E-state index in [2.05, 4.69) is 10.3 Å². The van der Waals surface area contributed by atoms with E-state index in [1.807, 2.05) is 0 Å². The number of aromatic nitrogens is 1. The van der Waals surface area contributed by atoms with E-state index in [4.69, 9.17) is 10.5 Å². The highest BCUT2D eigenvalue weighted by molar-refractivity contribution is 5.92. The van der Waals surface area contributed by atoms with Gasteiger partial charge in [0.2, 0.25) is 0 Å². The number of pyridine rings is 1. The van der Waals surface area contributed by atoms with Crippen molar-refractivity contribution in [1.82, 2.24) is 10.3 Å². The monoisotopic (exact) mass is 221 g/mol. The maximum Gasteiger partial charge on any atom is 0.270 e. The quantitative estimate of drug-likeness (QED) is 0.765. The summed E-state index contributed by atoms with van der Waals surface area (Å²) in [6.07, 6.45) is 3.42. The number of nitrogen functional groups attached to an aromatic ring is 1. The molecule has 0 bridgehead atoms. The van der Waals surface area contributed by atoms with Crippen LogP contribution in [0.3, 0.4) is 0 Å². The average Bonchev–Trinajstić information content (AvgIpc) is 2.31. The zero-order valence-electron chi connectivity index (χ0n) is 8.98. The van der Waals surface area contributed by atoms with Crippen molar-refractivity contribution < 1.29 is 9.53 Å². The molecule has 86 valence electrons. The van der Waals surface area contributed by atoms with Gasteiger partial charge in [0.25, 0.3) is 5.91 Å². The number of rotatable bonds is 2. The van der Waals surface area contributed by atoms with Crippen molar-refractivity contribution in [3.8, 4) is 0 Å². The molecule has 0 radical (unpaired) electrons. The number of ether oxygens (including phenoxy) is 1. The standard InChI is InChI=1S/C11H15N3O2/c12-8-3-4-10(13-6-8)11(15)14-9-2-1-5-16-7-9/h3-4,6,9H,1-2,5,7,12H2,(H,14,15). The van der Waals surface area contributed by atoms with Crippen LogP contribution in [0.1, 0.15) is 23.3 Å². The van der Waals surface area contributed by atoms with Crippen LogP contribution in [0.2, 0.25) is 0 Å². The third-order valence-corrected chi connectivity index (χ3v) is 2.51. The molecule has 1 aromatic heterocycles. The third-order valence-electron chi connectivity index (χ3n) is 2.51. The lowest BCUT2D eigenvalue weighted by Crippen LogP contribution is -2.40. The number of nitrogens with two attached hydrogens (primary N) is 1. The van der Waals surface area contributed by atoms with Crippen LogP contribution in [0.5, 0.6) is 0 Å². The SMILES string of the molecule is Nc1ccc(C(=O)NC2CCCOC2)nc1. The molecule has 1 aliphatic rings. The number of carbonyl (C=O) groups excluding carboxylic acids is 1. The summed E-state index contributed by atoms with van der Waals surface area (Å²) in [5, 5.41) is 2.89. The summed E-state index contributed by atoms with van der Waals surface area (Å²) < 4.78 is 5.28. The second kappa shape index (κ2) is 4.94. The summed E-state index contributed by atoms with van der Waals surface area (Å²) in [5.41, 5.74) is 6.44. The van der Waals surface area contributed by atoms with Gasteiger partial charge in [-0.25, -0.2) is 4.98 Å². The van der Waals surface area contributed by atoms with Gasteiger partial charge in [-0.15, -0.1) is 0 Å². The molecule has 1 unspecified atom stereocenters. The first kappa shape index (κ1) is 10.9. The van der Waals surface area contributed by atoms with E-state index in [0.717, 1.165) is 19.4 Å². The number of nitrogens with zero attached hydrogens (tertiary/aromatic N) is 1. The van der Waals surface area contributed by atoms with Crippen LogP contribution >= 0.6 is 0 Å². The van der Waals surface area contributed by atoms with Crippen LogP contribution in [0.4, 0.5) is 5.69 Å². The van der Waals surface area contributed by atoms with Crippen molar-refractivity contribution >= 4 is 11.6 Å². The Morgan fingerprint density at radius 2 is 2.44 bits per heavy atom. The molecule has 1 fully saturated rings. The summed E-state index contributed by atoms with van der Waals surface area (Å²) in [6, 6.07) is 3.38. The molecule has 0 aromatic carbocycles. The molecule has 2 rings (SSSR count). The van der Waals surface area contributed by atoms with Crippen molar-refractivity contribution in [2.24, 2.45) is 0 Å². The van der Waals surface area contributed by atoms with E-state index in [0.29, 0.717) is 18.0 Å². The summed E-state index contributed by atoms with van der Waals surface area (Å²) >= 11 is 0. The Kier molecular flexibility index (Phi) is 3.36. The van der Waals surface area contributed by atoms with Gasteiger partial charge in [0, 0.05) is 6.61 Å². The van der Waals surface area contributed by atoms with Gasteiger partial charge in [-0.3, -0.25) is 4.79 Å². The second-order valence-electron chi connectivity index (χ2n) is 3.86. The molecular weight excluding hydrogens is 206 g/mol. The fraction of sp³-hybridized carbons (Fsp3) is 0.455. The molecular formula is C11H15N3O2. The minimum atomic E-state index is -0.171. The van der Waals surface area contributed by atoms with Gasteiger partial charge >= 0.3 is 0 Å². The Morgan fingerprint density at radius 1 is 1.56 bits per heavy atom. The average molecular weight is 221 g/mol. The van der Waals surface area contributed by atoms with Gasteiger partial charge < -0.3 is 15.8 Å². The Hall–Kier alpha value is -1.62. The van der Waals surface area contributed by atoms with Crippen molar-refractivity contribution in [1.29, 1.82) is 0 Å². The van der Waals surface area contributed by atoms with Crippen LogP contribution in [0.15, 0.2) is 18.3 Å². The topological polar surface area (TPSA) is 77.2 Å². The van der Waals surface area contributed by atoms with Gasteiger partial charge in [0.1, 0.15) is 5.69 Å². The Bertz CT molecular complexity index is 358. The molecule has 2 heterocycles. The van der Waals surface area contributed by atoms with E-state index in [1.165, 1.54) is 6.20 Å². The predicted molar refractivity (Wildman–Crippen MR) is 60.0 cm³/mol. The molecule has 0 aliphatic carbocycles. The van der Waals surface area contributed by atoms with E-state index in [1.54, 1.807) is 12.1 Å². The highest BCUT2D eigenvalue weighted by Gasteiger charge is 2.17. The van der Waals surface area contributed by atoms with E-state index in [-0.39, 0.29) is 11.9 Å². The second-order valence-corrected chi connectivity index (χ2v) is 3.86. The largest absolute Gasteiger partial charge is 0.397 e. The molecule has 0 spiro atoms. The lowest BCUT2D eigenvalue weighted by atomic mass is 10.1. The molecule has 1 saturated heterocycles. The van der Waals surface area contributed by atoms with E-state index < -0.39 is 0 Å². The minimum Gasteiger partial charge on any atom is -0.397 e. The lowest BCUT2D eigenvalue weighted by Gasteiger charge is -2.22. The summed E-state index contributed by atoms with van der Waals surface area (Å²) in [5.74, 6) is -0.171. The van der Waals surface area contributed by atoms with Crippen LogP contribution in [0, 0.1) is 0 Å². The Balaban J connectivity index is 1.94. The Morgan fingerprint density at radius 3 is 3.06 bits per heavy atom. The molecule has 1 amide bonds. The van der Waals surface area contributed by atoms with Gasteiger partial charge in [0.15, 0.2) is 0 Å². The lowest BCUT2D eigenvalue weighted by molar-refractivity contribution is 0.0622. The molecule has 1 aromatic rings.